The van der Waals surface area contributed by atoms with E-state index in [1.54, 1.807) is 18.2 Å². The molecule has 1 aliphatic rings. The van der Waals surface area contributed by atoms with Crippen LogP contribution in [-0.2, 0) is 17.6 Å². The predicted octanol–water partition coefficient (Wildman–Crippen LogP) is 3.58. The number of hydrogen-bond donors (Lipinski definition) is 1. The van der Waals surface area contributed by atoms with Crippen molar-refractivity contribution in [3.8, 4) is 0 Å². The molecule has 0 saturated carbocycles. The van der Waals surface area contributed by atoms with Crippen molar-refractivity contribution in [2.45, 2.75) is 25.7 Å². The highest BCUT2D eigenvalue weighted by molar-refractivity contribution is 7.15. The van der Waals surface area contributed by atoms with Gasteiger partial charge in [0.1, 0.15) is 0 Å². The smallest absolute Gasteiger partial charge is 0.269 e. The van der Waals surface area contributed by atoms with Crippen molar-refractivity contribution in [1.29, 1.82) is 0 Å². The number of carbonyl (C=O) groups excluding carboxylic acids is 1. The molecule has 1 aliphatic carbocycles. The quantitative estimate of drug-likeness (QED) is 0.528. The molecule has 7 heteroatoms. The van der Waals surface area contributed by atoms with Crippen LogP contribution in [0.3, 0.4) is 0 Å². The van der Waals surface area contributed by atoms with Gasteiger partial charge < -0.3 is 0 Å². The molecule has 118 valence electrons. The van der Waals surface area contributed by atoms with E-state index < -0.39 is 4.92 Å². The lowest BCUT2D eigenvalue weighted by atomic mass is 10.0. The number of carbonyl (C=O) groups is 1. The molecule has 1 heterocycles. The average molecular weight is 329 g/mol. The number of fused-ring (bicyclic) bond motifs is 1. The van der Waals surface area contributed by atoms with Crippen LogP contribution in [-0.4, -0.2) is 15.8 Å². The molecule has 1 N–H and O–H groups in total. The van der Waals surface area contributed by atoms with Crippen molar-refractivity contribution in [1.82, 2.24) is 4.98 Å². The molecule has 0 radical (unpaired) electrons. The standard InChI is InChI=1S/C16H15N3O3S/c20-15(10-7-11-5-8-12(9-6-11)19(21)22)18-16-17-13-3-1-2-4-14(13)23-16/h5-10H,1-4H2,(H,17,18,20)/b10-7+. The Morgan fingerprint density at radius 2 is 2.00 bits per heavy atom. The molecular weight excluding hydrogens is 314 g/mol. The Hall–Kier alpha value is -2.54. The van der Waals surface area contributed by atoms with Crippen LogP contribution in [0.25, 0.3) is 6.08 Å². The second-order valence-corrected chi connectivity index (χ2v) is 6.35. The van der Waals surface area contributed by atoms with E-state index in [4.69, 9.17) is 0 Å². The molecule has 0 unspecified atom stereocenters. The maximum Gasteiger partial charge on any atom is 0.269 e. The minimum absolute atomic E-state index is 0.0277. The Balaban J connectivity index is 1.62. The number of anilines is 1. The molecule has 1 aromatic heterocycles. The third kappa shape index (κ3) is 3.81. The zero-order chi connectivity index (χ0) is 16.2. The fourth-order valence-electron chi connectivity index (χ4n) is 2.43. The first-order valence-corrected chi connectivity index (χ1v) is 8.15. The molecule has 0 aliphatic heterocycles. The van der Waals surface area contributed by atoms with Gasteiger partial charge in [-0.1, -0.05) is 0 Å². The van der Waals surface area contributed by atoms with Crippen molar-refractivity contribution >= 4 is 34.1 Å². The highest BCUT2D eigenvalue weighted by Gasteiger charge is 2.15. The van der Waals surface area contributed by atoms with Gasteiger partial charge in [-0.15, -0.1) is 11.3 Å². The van der Waals surface area contributed by atoms with Crippen LogP contribution in [0.15, 0.2) is 30.3 Å². The molecule has 0 fully saturated rings. The van der Waals surface area contributed by atoms with Crippen LogP contribution < -0.4 is 5.32 Å². The minimum Gasteiger partial charge on any atom is -0.298 e. The summed E-state index contributed by atoms with van der Waals surface area (Å²) in [5.74, 6) is -0.255. The maximum absolute atomic E-state index is 11.9. The summed E-state index contributed by atoms with van der Waals surface area (Å²) in [4.78, 5) is 27.8. The number of hydrogen-bond acceptors (Lipinski definition) is 5. The van der Waals surface area contributed by atoms with Crippen LogP contribution in [0.2, 0.25) is 0 Å². The van der Waals surface area contributed by atoms with E-state index in [-0.39, 0.29) is 11.6 Å². The van der Waals surface area contributed by atoms with Crippen LogP contribution in [0.4, 0.5) is 10.8 Å². The number of thiazole rings is 1. The molecule has 1 amide bonds. The first-order chi connectivity index (χ1) is 11.1. The molecule has 3 rings (SSSR count). The molecule has 1 aromatic carbocycles. The van der Waals surface area contributed by atoms with E-state index >= 15 is 0 Å². The predicted molar refractivity (Wildman–Crippen MR) is 89.5 cm³/mol. The van der Waals surface area contributed by atoms with Crippen molar-refractivity contribution in [3.05, 3.63) is 56.6 Å². The lowest BCUT2D eigenvalue weighted by molar-refractivity contribution is -0.384. The lowest BCUT2D eigenvalue weighted by Gasteiger charge is -2.06. The number of aromatic nitrogens is 1. The summed E-state index contributed by atoms with van der Waals surface area (Å²) >= 11 is 1.54. The number of rotatable bonds is 4. The minimum atomic E-state index is -0.454. The molecule has 0 spiro atoms. The van der Waals surface area contributed by atoms with Crippen molar-refractivity contribution in [2.75, 3.05) is 5.32 Å². The molecule has 2 aromatic rings. The monoisotopic (exact) mass is 329 g/mol. The Kier molecular flexibility index (Phi) is 4.47. The number of nitrogens with one attached hydrogen (secondary N) is 1. The summed E-state index contributed by atoms with van der Waals surface area (Å²) in [5.41, 5.74) is 1.86. The van der Waals surface area contributed by atoms with Crippen LogP contribution >= 0.6 is 11.3 Å². The molecule has 0 atom stereocenters. The Morgan fingerprint density at radius 1 is 1.26 bits per heavy atom. The van der Waals surface area contributed by atoms with Crippen molar-refractivity contribution in [2.24, 2.45) is 0 Å². The van der Waals surface area contributed by atoms with Crippen LogP contribution in [0, 0.1) is 10.1 Å². The average Bonchev–Trinajstić information content (AvgIpc) is 2.95. The molecule has 0 bridgehead atoms. The largest absolute Gasteiger partial charge is 0.298 e. The molecular formula is C16H15N3O3S. The Bertz CT molecular complexity index is 742. The first-order valence-electron chi connectivity index (χ1n) is 7.34. The number of nitro benzene ring substituents is 1. The van der Waals surface area contributed by atoms with Gasteiger partial charge in [0.25, 0.3) is 5.69 Å². The second-order valence-electron chi connectivity index (χ2n) is 5.27. The van der Waals surface area contributed by atoms with Gasteiger partial charge in [-0.25, -0.2) is 4.98 Å². The second kappa shape index (κ2) is 6.70. The van der Waals surface area contributed by atoms with E-state index in [1.165, 1.54) is 40.8 Å². The van der Waals surface area contributed by atoms with Gasteiger partial charge in [0.2, 0.25) is 5.91 Å². The number of benzene rings is 1. The van der Waals surface area contributed by atoms with Gasteiger partial charge in [-0.05, 0) is 49.5 Å². The van der Waals surface area contributed by atoms with Gasteiger partial charge >= 0.3 is 0 Å². The Morgan fingerprint density at radius 3 is 2.70 bits per heavy atom. The number of aryl methyl sites for hydroxylation is 2. The molecule has 23 heavy (non-hydrogen) atoms. The SMILES string of the molecule is O=C(/C=C/c1ccc([N+](=O)[O-])cc1)Nc1nc2c(s1)CCCC2. The van der Waals surface area contributed by atoms with Gasteiger partial charge in [-0.3, -0.25) is 20.2 Å². The van der Waals surface area contributed by atoms with Gasteiger partial charge in [0, 0.05) is 23.1 Å². The molecule has 6 nitrogen and oxygen atoms in total. The number of amides is 1. The number of nitro groups is 1. The Labute approximate surface area is 137 Å². The third-order valence-electron chi connectivity index (χ3n) is 3.61. The topological polar surface area (TPSA) is 85.1 Å². The summed E-state index contributed by atoms with van der Waals surface area (Å²) in [6.45, 7) is 0. The highest BCUT2D eigenvalue weighted by atomic mass is 32.1. The summed E-state index contributed by atoms with van der Waals surface area (Å²) in [5, 5.41) is 14.0. The van der Waals surface area contributed by atoms with Gasteiger partial charge in [0.05, 0.1) is 10.6 Å². The summed E-state index contributed by atoms with van der Waals surface area (Å²) in [6.07, 6.45) is 7.39. The normalized spacial score (nSPS) is 13.7. The fraction of sp³-hybridized carbons (Fsp3) is 0.250. The zero-order valence-electron chi connectivity index (χ0n) is 12.3. The number of nitrogens with zero attached hydrogens (tertiary/aromatic N) is 2. The van der Waals surface area contributed by atoms with E-state index in [0.717, 1.165) is 30.5 Å². The highest BCUT2D eigenvalue weighted by Crippen LogP contribution is 2.29. The summed E-state index contributed by atoms with van der Waals surface area (Å²) in [7, 11) is 0. The van der Waals surface area contributed by atoms with Crippen LogP contribution in [0.5, 0.6) is 0 Å². The molecule has 0 saturated heterocycles. The van der Waals surface area contributed by atoms with E-state index in [0.29, 0.717) is 5.13 Å². The zero-order valence-corrected chi connectivity index (χ0v) is 13.1. The van der Waals surface area contributed by atoms with Gasteiger partial charge in [0.15, 0.2) is 5.13 Å². The third-order valence-corrected chi connectivity index (χ3v) is 4.68. The first kappa shape index (κ1) is 15.4. The lowest BCUT2D eigenvalue weighted by Crippen LogP contribution is -2.07. The maximum atomic E-state index is 11.9. The van der Waals surface area contributed by atoms with E-state index in [1.807, 2.05) is 0 Å². The summed E-state index contributed by atoms with van der Waals surface area (Å²) in [6, 6.07) is 6.02. The van der Waals surface area contributed by atoms with E-state index in [2.05, 4.69) is 10.3 Å². The number of non-ortho nitro benzene ring substituents is 1. The fourth-order valence-corrected chi connectivity index (χ4v) is 3.48. The van der Waals surface area contributed by atoms with Crippen molar-refractivity contribution in [3.63, 3.8) is 0 Å². The summed E-state index contributed by atoms with van der Waals surface area (Å²) < 4.78 is 0. The van der Waals surface area contributed by atoms with E-state index in [9.17, 15) is 14.9 Å². The van der Waals surface area contributed by atoms with Gasteiger partial charge in [-0.2, -0.15) is 0 Å². The van der Waals surface area contributed by atoms with Crippen LogP contribution in [0.1, 0.15) is 29.0 Å². The van der Waals surface area contributed by atoms with Crippen molar-refractivity contribution < 1.29 is 9.72 Å².